The second-order valence-electron chi connectivity index (χ2n) is 2.90. The molecule has 1 atom stereocenters. The third-order valence-corrected chi connectivity index (χ3v) is 1.83. The van der Waals surface area contributed by atoms with Gasteiger partial charge in [-0.3, -0.25) is 0 Å². The van der Waals surface area contributed by atoms with Gasteiger partial charge in [-0.1, -0.05) is 5.92 Å². The second kappa shape index (κ2) is 5.57. The Bertz CT molecular complexity index is 223. The van der Waals surface area contributed by atoms with Gasteiger partial charge < -0.3 is 15.2 Å². The van der Waals surface area contributed by atoms with E-state index in [4.69, 9.17) is 9.84 Å². The minimum atomic E-state index is -1.08. The van der Waals surface area contributed by atoms with E-state index in [0.717, 1.165) is 19.4 Å². The van der Waals surface area contributed by atoms with Gasteiger partial charge in [0.25, 0.3) is 0 Å². The van der Waals surface area contributed by atoms with Gasteiger partial charge in [0.2, 0.25) is 0 Å². The number of ether oxygens (including phenoxy) is 1. The lowest BCUT2D eigenvalue weighted by Crippen LogP contribution is -2.36. The smallest absolute Gasteiger partial charge is 0.381 e. The molecule has 0 aliphatic carbocycles. The van der Waals surface area contributed by atoms with Gasteiger partial charge in [-0.15, -0.1) is 0 Å². The van der Waals surface area contributed by atoms with E-state index in [-0.39, 0.29) is 0 Å². The SMILES string of the molecule is O=C(O)C#CCNC1CCCOC1. The number of carboxylic acids is 1. The third-order valence-electron chi connectivity index (χ3n) is 1.83. The van der Waals surface area contributed by atoms with Gasteiger partial charge in [-0.25, -0.2) is 4.79 Å². The molecule has 0 aromatic rings. The van der Waals surface area contributed by atoms with Crippen molar-refractivity contribution in [3.05, 3.63) is 0 Å². The van der Waals surface area contributed by atoms with E-state index < -0.39 is 5.97 Å². The number of carboxylic acid groups (broad SMARTS) is 1. The van der Waals surface area contributed by atoms with Gasteiger partial charge in [0.05, 0.1) is 13.2 Å². The summed E-state index contributed by atoms with van der Waals surface area (Å²) >= 11 is 0. The van der Waals surface area contributed by atoms with Gasteiger partial charge in [-0.05, 0) is 12.8 Å². The lowest BCUT2D eigenvalue weighted by Gasteiger charge is -2.21. The molecule has 13 heavy (non-hydrogen) atoms. The molecule has 1 rings (SSSR count). The first kappa shape index (κ1) is 10.0. The molecule has 1 heterocycles. The molecule has 4 nitrogen and oxygen atoms in total. The van der Waals surface area contributed by atoms with E-state index in [9.17, 15) is 4.79 Å². The van der Waals surface area contributed by atoms with Crippen LogP contribution in [0.15, 0.2) is 0 Å². The number of rotatable bonds is 2. The summed E-state index contributed by atoms with van der Waals surface area (Å²) in [5.74, 6) is 3.48. The molecule has 0 aromatic heterocycles. The van der Waals surface area contributed by atoms with E-state index in [1.54, 1.807) is 0 Å². The van der Waals surface area contributed by atoms with Gasteiger partial charge in [0.15, 0.2) is 0 Å². The molecule has 0 aromatic carbocycles. The normalized spacial score (nSPS) is 21.7. The summed E-state index contributed by atoms with van der Waals surface area (Å²) < 4.78 is 5.23. The predicted octanol–water partition coefficient (Wildman–Crippen LogP) is -0.157. The maximum absolute atomic E-state index is 10.0. The van der Waals surface area contributed by atoms with Crippen LogP contribution in [0.5, 0.6) is 0 Å². The molecule has 1 fully saturated rings. The Kier molecular flexibility index (Phi) is 4.30. The molecule has 0 saturated carbocycles. The van der Waals surface area contributed by atoms with Crippen LogP contribution in [0.4, 0.5) is 0 Å². The Hall–Kier alpha value is -1.05. The van der Waals surface area contributed by atoms with Crippen molar-refractivity contribution in [2.75, 3.05) is 19.8 Å². The van der Waals surface area contributed by atoms with Crippen LogP contribution in [0, 0.1) is 11.8 Å². The van der Waals surface area contributed by atoms with Crippen molar-refractivity contribution in [2.24, 2.45) is 0 Å². The van der Waals surface area contributed by atoms with Crippen LogP contribution in [0.25, 0.3) is 0 Å². The topological polar surface area (TPSA) is 58.6 Å². The van der Waals surface area contributed by atoms with Gasteiger partial charge >= 0.3 is 5.97 Å². The van der Waals surface area contributed by atoms with Crippen LogP contribution < -0.4 is 5.32 Å². The van der Waals surface area contributed by atoms with Crippen molar-refractivity contribution in [3.8, 4) is 11.8 Å². The average Bonchev–Trinajstić information content (AvgIpc) is 2.14. The average molecular weight is 183 g/mol. The van der Waals surface area contributed by atoms with E-state index in [1.807, 2.05) is 5.92 Å². The molecule has 0 radical (unpaired) electrons. The van der Waals surface area contributed by atoms with Crippen molar-refractivity contribution in [1.29, 1.82) is 0 Å². The first-order chi connectivity index (χ1) is 6.29. The Morgan fingerprint density at radius 1 is 1.69 bits per heavy atom. The minimum absolute atomic E-state index is 0.330. The monoisotopic (exact) mass is 183 g/mol. The third kappa shape index (κ3) is 4.51. The molecule has 1 unspecified atom stereocenters. The van der Waals surface area contributed by atoms with Gasteiger partial charge in [0, 0.05) is 18.6 Å². The molecule has 2 N–H and O–H groups in total. The summed E-state index contributed by atoms with van der Waals surface area (Å²) in [4.78, 5) is 10.0. The van der Waals surface area contributed by atoms with E-state index in [2.05, 4.69) is 11.2 Å². The zero-order valence-electron chi connectivity index (χ0n) is 7.38. The molecular weight excluding hydrogens is 170 g/mol. The van der Waals surface area contributed by atoms with Crippen molar-refractivity contribution in [1.82, 2.24) is 5.32 Å². The van der Waals surface area contributed by atoms with Crippen molar-refractivity contribution in [3.63, 3.8) is 0 Å². The van der Waals surface area contributed by atoms with Crippen LogP contribution in [0.2, 0.25) is 0 Å². The van der Waals surface area contributed by atoms with Crippen LogP contribution in [-0.2, 0) is 9.53 Å². The minimum Gasteiger partial charge on any atom is -0.472 e. The lowest BCUT2D eigenvalue weighted by molar-refractivity contribution is -0.130. The van der Waals surface area contributed by atoms with E-state index >= 15 is 0 Å². The van der Waals surface area contributed by atoms with Crippen LogP contribution in [-0.4, -0.2) is 36.9 Å². The fraction of sp³-hybridized carbons (Fsp3) is 0.667. The van der Waals surface area contributed by atoms with E-state index in [0.29, 0.717) is 19.2 Å². The zero-order chi connectivity index (χ0) is 9.52. The highest BCUT2D eigenvalue weighted by Gasteiger charge is 2.11. The Balaban J connectivity index is 2.12. The zero-order valence-corrected chi connectivity index (χ0v) is 7.38. The number of carbonyl (C=O) groups is 1. The summed E-state index contributed by atoms with van der Waals surface area (Å²) in [6, 6.07) is 0.330. The fourth-order valence-corrected chi connectivity index (χ4v) is 1.22. The summed E-state index contributed by atoms with van der Waals surface area (Å²) in [7, 11) is 0. The maximum atomic E-state index is 10.0. The molecule has 4 heteroatoms. The molecule has 72 valence electrons. The largest absolute Gasteiger partial charge is 0.472 e. The Morgan fingerprint density at radius 3 is 3.15 bits per heavy atom. The second-order valence-corrected chi connectivity index (χ2v) is 2.90. The summed E-state index contributed by atoms with van der Waals surface area (Å²) in [6.45, 7) is 1.95. The number of hydrogen-bond donors (Lipinski definition) is 2. The van der Waals surface area contributed by atoms with Crippen molar-refractivity contribution >= 4 is 5.97 Å². The van der Waals surface area contributed by atoms with Gasteiger partial charge in [-0.2, -0.15) is 0 Å². The quantitative estimate of drug-likeness (QED) is 0.584. The predicted molar refractivity (Wildman–Crippen MR) is 47.3 cm³/mol. The highest BCUT2D eigenvalue weighted by atomic mass is 16.5. The molecule has 0 amide bonds. The summed E-state index contributed by atoms with van der Waals surface area (Å²) in [5.41, 5.74) is 0. The van der Waals surface area contributed by atoms with E-state index in [1.165, 1.54) is 0 Å². The molecule has 1 saturated heterocycles. The fourth-order valence-electron chi connectivity index (χ4n) is 1.22. The maximum Gasteiger partial charge on any atom is 0.381 e. The first-order valence-corrected chi connectivity index (χ1v) is 4.32. The van der Waals surface area contributed by atoms with Crippen molar-refractivity contribution < 1.29 is 14.6 Å². The lowest BCUT2D eigenvalue weighted by atomic mass is 10.1. The molecule has 0 spiro atoms. The highest BCUT2D eigenvalue weighted by molar-refractivity contribution is 5.86. The standard InChI is InChI=1S/C9H13NO3/c11-9(12)4-1-5-10-8-3-2-6-13-7-8/h8,10H,2-3,5-7H2,(H,11,12). The van der Waals surface area contributed by atoms with Crippen LogP contribution >= 0.6 is 0 Å². The Labute approximate surface area is 77.3 Å². The number of hydrogen-bond acceptors (Lipinski definition) is 3. The molecule has 0 bridgehead atoms. The summed E-state index contributed by atoms with van der Waals surface area (Å²) in [5, 5.41) is 11.3. The van der Waals surface area contributed by atoms with Crippen molar-refractivity contribution in [2.45, 2.75) is 18.9 Å². The highest BCUT2D eigenvalue weighted by Crippen LogP contribution is 2.04. The van der Waals surface area contributed by atoms with Crippen LogP contribution in [0.3, 0.4) is 0 Å². The molecule has 1 aliphatic rings. The molecular formula is C9H13NO3. The Morgan fingerprint density at radius 2 is 2.54 bits per heavy atom. The number of nitrogens with one attached hydrogen (secondary N) is 1. The summed E-state index contributed by atoms with van der Waals surface area (Å²) in [6.07, 6.45) is 2.14. The van der Waals surface area contributed by atoms with Crippen LogP contribution in [0.1, 0.15) is 12.8 Å². The van der Waals surface area contributed by atoms with Gasteiger partial charge in [0.1, 0.15) is 0 Å². The number of aliphatic carboxylic acids is 1. The molecule has 1 aliphatic heterocycles. The first-order valence-electron chi connectivity index (χ1n) is 4.32.